The third kappa shape index (κ3) is 1.76. The van der Waals surface area contributed by atoms with Crippen LogP contribution >= 0.6 is 15.9 Å². The summed E-state index contributed by atoms with van der Waals surface area (Å²) in [6, 6.07) is 7.77. The van der Waals surface area contributed by atoms with E-state index in [1.807, 2.05) is 24.3 Å². The Morgan fingerprint density at radius 3 is 2.71 bits per heavy atom. The Hall–Kier alpha value is -1.29. The van der Waals surface area contributed by atoms with Crippen LogP contribution in [-0.2, 0) is 12.8 Å². The number of benzene rings is 1. The lowest BCUT2D eigenvalue weighted by Crippen LogP contribution is -2.18. The van der Waals surface area contributed by atoms with Crippen molar-refractivity contribution in [2.75, 3.05) is 0 Å². The molecule has 1 N–H and O–H groups in total. The zero-order valence-electron chi connectivity index (χ0n) is 9.37. The van der Waals surface area contributed by atoms with Crippen LogP contribution < -0.4 is 5.56 Å². The van der Waals surface area contributed by atoms with Crippen LogP contribution in [-0.4, -0.2) is 9.78 Å². The zero-order chi connectivity index (χ0) is 11.8. The van der Waals surface area contributed by atoms with Crippen molar-refractivity contribution >= 4 is 15.9 Å². The van der Waals surface area contributed by atoms with E-state index in [0.717, 1.165) is 40.7 Å². The van der Waals surface area contributed by atoms with Gasteiger partial charge in [-0.1, -0.05) is 12.1 Å². The second-order valence-electron chi connectivity index (χ2n) is 4.37. The summed E-state index contributed by atoms with van der Waals surface area (Å²) in [6.45, 7) is 0. The van der Waals surface area contributed by atoms with Gasteiger partial charge >= 0.3 is 0 Å². The van der Waals surface area contributed by atoms with Gasteiger partial charge in [0.15, 0.2) is 0 Å². The van der Waals surface area contributed by atoms with Crippen LogP contribution in [0.4, 0.5) is 0 Å². The summed E-state index contributed by atoms with van der Waals surface area (Å²) >= 11 is 3.48. The van der Waals surface area contributed by atoms with Crippen molar-refractivity contribution in [3.63, 3.8) is 0 Å². The molecule has 1 aliphatic rings. The highest BCUT2D eigenvalue weighted by molar-refractivity contribution is 9.10. The molecular weight excluding hydrogens is 280 g/mol. The molecule has 88 valence electrons. The minimum Gasteiger partial charge on any atom is -0.295 e. The molecule has 17 heavy (non-hydrogen) atoms. The maximum absolute atomic E-state index is 12.3. The van der Waals surface area contributed by atoms with Gasteiger partial charge in [0.25, 0.3) is 5.56 Å². The number of rotatable bonds is 1. The monoisotopic (exact) mass is 292 g/mol. The highest BCUT2D eigenvalue weighted by Crippen LogP contribution is 2.21. The maximum Gasteiger partial charge on any atom is 0.274 e. The number of nitrogens with one attached hydrogen (secondary N) is 1. The zero-order valence-corrected chi connectivity index (χ0v) is 11.0. The quantitative estimate of drug-likeness (QED) is 0.862. The molecule has 0 fully saturated rings. The molecule has 0 unspecified atom stereocenters. The van der Waals surface area contributed by atoms with E-state index in [1.54, 1.807) is 4.68 Å². The third-order valence-corrected chi connectivity index (χ3v) is 3.94. The lowest BCUT2D eigenvalue weighted by atomic mass is 9.98. The van der Waals surface area contributed by atoms with Crippen molar-refractivity contribution in [2.45, 2.75) is 25.7 Å². The number of para-hydroxylation sites is 1. The first-order valence-electron chi connectivity index (χ1n) is 5.85. The molecule has 0 saturated heterocycles. The van der Waals surface area contributed by atoms with Crippen molar-refractivity contribution in [1.82, 2.24) is 9.78 Å². The topological polar surface area (TPSA) is 37.8 Å². The largest absolute Gasteiger partial charge is 0.295 e. The molecule has 1 aliphatic carbocycles. The average molecular weight is 293 g/mol. The molecule has 0 amide bonds. The Balaban J connectivity index is 2.20. The summed E-state index contributed by atoms with van der Waals surface area (Å²) < 4.78 is 2.58. The number of aromatic amines is 1. The van der Waals surface area contributed by atoms with Crippen molar-refractivity contribution in [3.05, 3.63) is 50.3 Å². The predicted octanol–water partition coefficient (Wildman–Crippen LogP) is 2.81. The van der Waals surface area contributed by atoms with Gasteiger partial charge in [-0.2, -0.15) is 0 Å². The molecule has 0 spiro atoms. The van der Waals surface area contributed by atoms with Crippen LogP contribution in [0.1, 0.15) is 24.1 Å². The van der Waals surface area contributed by atoms with E-state index in [0.29, 0.717) is 0 Å². The Kier molecular flexibility index (Phi) is 2.67. The van der Waals surface area contributed by atoms with Gasteiger partial charge in [-0.3, -0.25) is 9.89 Å². The average Bonchev–Trinajstić information content (AvgIpc) is 2.68. The second-order valence-corrected chi connectivity index (χ2v) is 5.22. The van der Waals surface area contributed by atoms with Gasteiger partial charge in [-0.05, 0) is 53.7 Å². The number of fused-ring (bicyclic) bond motifs is 1. The van der Waals surface area contributed by atoms with Gasteiger partial charge in [0.05, 0.1) is 5.69 Å². The second kappa shape index (κ2) is 4.18. The summed E-state index contributed by atoms with van der Waals surface area (Å²) in [5.41, 5.74) is 3.06. The van der Waals surface area contributed by atoms with Gasteiger partial charge in [0.1, 0.15) is 0 Å². The number of hydrogen-bond acceptors (Lipinski definition) is 1. The molecule has 1 heterocycles. The molecule has 1 aromatic carbocycles. The summed E-state index contributed by atoms with van der Waals surface area (Å²) in [5, 5.41) is 3.23. The van der Waals surface area contributed by atoms with Crippen LogP contribution in [0.15, 0.2) is 33.5 Å². The van der Waals surface area contributed by atoms with Crippen LogP contribution in [0, 0.1) is 0 Å². The van der Waals surface area contributed by atoms with Crippen LogP contribution in [0.2, 0.25) is 0 Å². The molecule has 3 rings (SSSR count). The molecule has 2 aromatic rings. The van der Waals surface area contributed by atoms with Gasteiger partial charge in [-0.25, -0.2) is 4.68 Å². The first-order valence-corrected chi connectivity index (χ1v) is 6.64. The molecule has 3 nitrogen and oxygen atoms in total. The Bertz CT molecular complexity index is 612. The van der Waals surface area contributed by atoms with Gasteiger partial charge in [0, 0.05) is 15.7 Å². The smallest absolute Gasteiger partial charge is 0.274 e. The summed E-state index contributed by atoms with van der Waals surface area (Å²) in [5.74, 6) is 0. The summed E-state index contributed by atoms with van der Waals surface area (Å²) in [4.78, 5) is 12.3. The number of nitrogens with zero attached hydrogens (tertiary/aromatic N) is 1. The number of aryl methyl sites for hydroxylation is 1. The minimum atomic E-state index is 0.103. The third-order valence-electron chi connectivity index (χ3n) is 3.27. The van der Waals surface area contributed by atoms with E-state index < -0.39 is 0 Å². The molecular formula is C13H13BrN2O. The summed E-state index contributed by atoms with van der Waals surface area (Å²) in [7, 11) is 0. The Morgan fingerprint density at radius 2 is 1.94 bits per heavy atom. The van der Waals surface area contributed by atoms with Gasteiger partial charge in [0.2, 0.25) is 0 Å². The van der Waals surface area contributed by atoms with E-state index >= 15 is 0 Å². The molecule has 0 atom stereocenters. The molecule has 0 radical (unpaired) electrons. The number of H-pyrrole nitrogens is 1. The van der Waals surface area contributed by atoms with Crippen molar-refractivity contribution < 1.29 is 0 Å². The number of aromatic nitrogens is 2. The fourth-order valence-corrected chi connectivity index (χ4v) is 2.85. The first kappa shape index (κ1) is 10.8. The molecule has 0 bridgehead atoms. The normalized spacial score (nSPS) is 14.6. The van der Waals surface area contributed by atoms with Gasteiger partial charge < -0.3 is 0 Å². The van der Waals surface area contributed by atoms with Crippen molar-refractivity contribution in [2.24, 2.45) is 0 Å². The van der Waals surface area contributed by atoms with E-state index in [-0.39, 0.29) is 5.56 Å². The first-order chi connectivity index (χ1) is 8.27. The molecule has 1 aromatic heterocycles. The van der Waals surface area contributed by atoms with E-state index in [1.165, 1.54) is 6.42 Å². The number of hydrogen-bond donors (Lipinski definition) is 1. The van der Waals surface area contributed by atoms with Crippen molar-refractivity contribution in [3.8, 4) is 5.69 Å². The molecule has 4 heteroatoms. The SMILES string of the molecule is O=c1c2c([nH]n1-c1ccccc1Br)CCCC2. The predicted molar refractivity (Wildman–Crippen MR) is 70.7 cm³/mol. The van der Waals surface area contributed by atoms with E-state index in [9.17, 15) is 4.79 Å². The fourth-order valence-electron chi connectivity index (χ4n) is 2.39. The maximum atomic E-state index is 12.3. The molecule has 0 saturated carbocycles. The van der Waals surface area contributed by atoms with E-state index in [2.05, 4.69) is 21.0 Å². The summed E-state index contributed by atoms with van der Waals surface area (Å²) in [6.07, 6.45) is 4.18. The lowest BCUT2D eigenvalue weighted by molar-refractivity contribution is 0.671. The van der Waals surface area contributed by atoms with Crippen LogP contribution in [0.25, 0.3) is 5.69 Å². The van der Waals surface area contributed by atoms with Gasteiger partial charge in [-0.15, -0.1) is 0 Å². The van der Waals surface area contributed by atoms with Crippen molar-refractivity contribution in [1.29, 1.82) is 0 Å². The highest BCUT2D eigenvalue weighted by Gasteiger charge is 2.18. The van der Waals surface area contributed by atoms with Crippen LogP contribution in [0.3, 0.4) is 0 Å². The number of halogens is 1. The van der Waals surface area contributed by atoms with Crippen LogP contribution in [0.5, 0.6) is 0 Å². The molecule has 0 aliphatic heterocycles. The highest BCUT2D eigenvalue weighted by atomic mass is 79.9. The van der Waals surface area contributed by atoms with E-state index in [4.69, 9.17) is 0 Å². The fraction of sp³-hybridized carbons (Fsp3) is 0.308. The Morgan fingerprint density at radius 1 is 1.18 bits per heavy atom. The standard InChI is InChI=1S/C13H13BrN2O/c14-10-6-2-4-8-12(10)16-13(17)9-5-1-3-7-11(9)15-16/h2,4,6,8,15H,1,3,5,7H2. The minimum absolute atomic E-state index is 0.103. The Labute approximate surface area is 108 Å². The lowest BCUT2D eigenvalue weighted by Gasteiger charge is -2.07.